The van der Waals surface area contributed by atoms with E-state index in [2.05, 4.69) is 35.3 Å². The molecule has 1 aliphatic rings. The first-order chi connectivity index (χ1) is 8.88. The predicted molar refractivity (Wildman–Crippen MR) is 74.6 cm³/mol. The van der Waals surface area contributed by atoms with E-state index in [9.17, 15) is 0 Å². The summed E-state index contributed by atoms with van der Waals surface area (Å²) in [4.78, 5) is 0. The minimum atomic E-state index is 0.534. The number of hydrogen-bond donors (Lipinski definition) is 1. The summed E-state index contributed by atoms with van der Waals surface area (Å²) < 4.78 is 7.95. The van der Waals surface area contributed by atoms with Gasteiger partial charge in [0.1, 0.15) is 0 Å². The van der Waals surface area contributed by atoms with Crippen molar-refractivity contribution in [3.05, 3.63) is 24.0 Å². The highest BCUT2D eigenvalue weighted by Gasteiger charge is 2.14. The van der Waals surface area contributed by atoms with Crippen LogP contribution in [-0.2, 0) is 17.8 Å². The first-order valence-corrected chi connectivity index (χ1v) is 7.35. The Kier molecular flexibility index (Phi) is 5.75. The van der Waals surface area contributed by atoms with Crippen molar-refractivity contribution in [2.24, 2.45) is 0 Å². The van der Waals surface area contributed by atoms with Gasteiger partial charge in [-0.3, -0.25) is 0 Å². The molecule has 0 spiro atoms. The summed E-state index contributed by atoms with van der Waals surface area (Å²) in [7, 11) is 0. The van der Waals surface area contributed by atoms with Gasteiger partial charge in [-0.2, -0.15) is 0 Å². The molecule has 3 nitrogen and oxygen atoms in total. The fourth-order valence-electron chi connectivity index (χ4n) is 2.52. The van der Waals surface area contributed by atoms with Crippen LogP contribution < -0.4 is 5.32 Å². The normalized spacial score (nSPS) is 19.5. The minimum Gasteiger partial charge on any atom is -0.378 e. The van der Waals surface area contributed by atoms with Crippen molar-refractivity contribution in [1.29, 1.82) is 0 Å². The second-order valence-electron chi connectivity index (χ2n) is 5.21. The lowest BCUT2D eigenvalue weighted by molar-refractivity contribution is 0.101. The highest BCUT2D eigenvalue weighted by Crippen LogP contribution is 2.17. The van der Waals surface area contributed by atoms with E-state index in [-0.39, 0.29) is 0 Å². The zero-order valence-electron chi connectivity index (χ0n) is 11.5. The molecule has 18 heavy (non-hydrogen) atoms. The van der Waals surface area contributed by atoms with E-state index >= 15 is 0 Å². The van der Waals surface area contributed by atoms with Gasteiger partial charge in [-0.1, -0.05) is 6.92 Å². The average Bonchev–Trinajstić information content (AvgIpc) is 3.01. The summed E-state index contributed by atoms with van der Waals surface area (Å²) >= 11 is 0. The van der Waals surface area contributed by atoms with Crippen LogP contribution in [-0.4, -0.2) is 23.8 Å². The molecule has 0 bridgehead atoms. The van der Waals surface area contributed by atoms with Crippen molar-refractivity contribution in [2.45, 2.75) is 58.2 Å². The van der Waals surface area contributed by atoms with Crippen LogP contribution in [0.25, 0.3) is 0 Å². The van der Waals surface area contributed by atoms with E-state index in [1.165, 1.54) is 37.7 Å². The molecule has 1 aromatic rings. The number of aryl methyl sites for hydroxylation is 1. The van der Waals surface area contributed by atoms with Gasteiger partial charge in [-0.15, -0.1) is 0 Å². The first-order valence-electron chi connectivity index (χ1n) is 7.35. The number of nitrogens with one attached hydrogen (secondary N) is 1. The van der Waals surface area contributed by atoms with Gasteiger partial charge in [0.05, 0.1) is 6.10 Å². The van der Waals surface area contributed by atoms with Crippen LogP contribution in [0.2, 0.25) is 0 Å². The molecule has 1 fully saturated rings. The molecule has 0 amide bonds. The maximum absolute atomic E-state index is 5.64. The minimum absolute atomic E-state index is 0.534. The largest absolute Gasteiger partial charge is 0.378 e. The molecule has 2 heterocycles. The maximum Gasteiger partial charge on any atom is 0.0576 e. The third-order valence-electron chi connectivity index (χ3n) is 3.53. The Hall–Kier alpha value is -0.800. The van der Waals surface area contributed by atoms with Crippen molar-refractivity contribution in [1.82, 2.24) is 9.88 Å². The Balaban J connectivity index is 1.63. The number of hydrogen-bond acceptors (Lipinski definition) is 2. The fourth-order valence-corrected chi connectivity index (χ4v) is 2.52. The average molecular weight is 250 g/mol. The van der Waals surface area contributed by atoms with E-state index in [0.29, 0.717) is 6.10 Å². The molecule has 1 saturated heterocycles. The molecule has 1 unspecified atom stereocenters. The van der Waals surface area contributed by atoms with Crippen molar-refractivity contribution in [2.75, 3.05) is 13.2 Å². The highest BCUT2D eigenvalue weighted by molar-refractivity contribution is 5.09. The Morgan fingerprint density at radius 2 is 2.44 bits per heavy atom. The molecule has 1 N–H and O–H groups in total. The predicted octanol–water partition coefficient (Wildman–Crippen LogP) is 2.95. The summed E-state index contributed by atoms with van der Waals surface area (Å²) in [6.07, 6.45) is 11.1. The van der Waals surface area contributed by atoms with Crippen molar-refractivity contribution >= 4 is 0 Å². The molecule has 1 aliphatic heterocycles. The second-order valence-corrected chi connectivity index (χ2v) is 5.21. The highest BCUT2D eigenvalue weighted by atomic mass is 16.5. The van der Waals surface area contributed by atoms with Gasteiger partial charge >= 0.3 is 0 Å². The van der Waals surface area contributed by atoms with Gasteiger partial charge in [0.2, 0.25) is 0 Å². The summed E-state index contributed by atoms with van der Waals surface area (Å²) in [5.74, 6) is 0. The SMILES string of the molecule is CCCNCc1ccn(CCCC2CCCO2)c1. The van der Waals surface area contributed by atoms with Crippen molar-refractivity contribution in [3.8, 4) is 0 Å². The Morgan fingerprint density at radius 3 is 3.22 bits per heavy atom. The molecule has 0 aliphatic carbocycles. The van der Waals surface area contributed by atoms with Gasteiger partial charge < -0.3 is 14.6 Å². The van der Waals surface area contributed by atoms with E-state index in [1.54, 1.807) is 0 Å². The van der Waals surface area contributed by atoms with Gasteiger partial charge in [0.15, 0.2) is 0 Å². The summed E-state index contributed by atoms with van der Waals surface area (Å²) in [5.41, 5.74) is 1.39. The van der Waals surface area contributed by atoms with Gasteiger partial charge in [0, 0.05) is 32.1 Å². The molecule has 0 aromatic carbocycles. The number of ether oxygens (including phenoxy) is 1. The number of aromatic nitrogens is 1. The molecular weight excluding hydrogens is 224 g/mol. The third-order valence-corrected chi connectivity index (χ3v) is 3.53. The monoisotopic (exact) mass is 250 g/mol. The maximum atomic E-state index is 5.64. The van der Waals surface area contributed by atoms with Gasteiger partial charge in [0.25, 0.3) is 0 Å². The summed E-state index contributed by atoms with van der Waals surface area (Å²) in [6, 6.07) is 2.22. The smallest absolute Gasteiger partial charge is 0.0576 e. The molecule has 2 rings (SSSR count). The van der Waals surface area contributed by atoms with Crippen molar-refractivity contribution in [3.63, 3.8) is 0 Å². The summed E-state index contributed by atoms with van der Waals surface area (Å²) in [5, 5.41) is 3.43. The van der Waals surface area contributed by atoms with E-state index in [1.807, 2.05) is 0 Å². The molecule has 1 aromatic heterocycles. The van der Waals surface area contributed by atoms with Crippen LogP contribution in [0, 0.1) is 0 Å². The van der Waals surface area contributed by atoms with Crippen LogP contribution in [0.3, 0.4) is 0 Å². The first kappa shape index (κ1) is 13.6. The van der Waals surface area contributed by atoms with Gasteiger partial charge in [-0.25, -0.2) is 0 Å². The van der Waals surface area contributed by atoms with Crippen LogP contribution in [0.15, 0.2) is 18.5 Å². The summed E-state index contributed by atoms with van der Waals surface area (Å²) in [6.45, 7) is 6.38. The van der Waals surface area contributed by atoms with E-state index in [4.69, 9.17) is 4.74 Å². The topological polar surface area (TPSA) is 26.2 Å². The Labute approximate surface area is 111 Å². The number of nitrogens with zero attached hydrogens (tertiary/aromatic N) is 1. The van der Waals surface area contributed by atoms with Crippen LogP contribution in [0.1, 0.15) is 44.6 Å². The molecule has 102 valence electrons. The molecular formula is C15H26N2O. The lowest BCUT2D eigenvalue weighted by Crippen LogP contribution is -2.13. The number of rotatable bonds is 8. The zero-order chi connectivity index (χ0) is 12.6. The lowest BCUT2D eigenvalue weighted by atomic mass is 10.1. The standard InChI is InChI=1S/C15H26N2O/c1-2-8-16-12-14-7-10-17(13-14)9-3-5-15-6-4-11-18-15/h7,10,13,15-16H,2-6,8-9,11-12H2,1H3. The van der Waals surface area contributed by atoms with E-state index < -0.39 is 0 Å². The Morgan fingerprint density at radius 1 is 1.50 bits per heavy atom. The van der Waals surface area contributed by atoms with Gasteiger partial charge in [-0.05, 0) is 50.3 Å². The lowest BCUT2D eigenvalue weighted by Gasteiger charge is -2.09. The third kappa shape index (κ3) is 4.46. The zero-order valence-corrected chi connectivity index (χ0v) is 11.5. The molecule has 1 atom stereocenters. The quantitative estimate of drug-likeness (QED) is 0.718. The van der Waals surface area contributed by atoms with E-state index in [0.717, 1.165) is 26.2 Å². The van der Waals surface area contributed by atoms with Crippen LogP contribution in [0.5, 0.6) is 0 Å². The van der Waals surface area contributed by atoms with Crippen LogP contribution >= 0.6 is 0 Å². The van der Waals surface area contributed by atoms with Crippen molar-refractivity contribution < 1.29 is 4.74 Å². The molecule has 0 radical (unpaired) electrons. The second kappa shape index (κ2) is 7.59. The molecule has 0 saturated carbocycles. The Bertz CT molecular complexity index is 329. The molecule has 3 heteroatoms. The van der Waals surface area contributed by atoms with Crippen LogP contribution in [0.4, 0.5) is 0 Å². The fraction of sp³-hybridized carbons (Fsp3) is 0.733.